The number of rotatable bonds is 4. The van der Waals surface area contributed by atoms with Gasteiger partial charge in [0.25, 0.3) is 11.8 Å². The highest BCUT2D eigenvalue weighted by molar-refractivity contribution is 6.58. The number of phenols is 1. The molecular formula is C33H21Cl3F4N2O6. The summed E-state index contributed by atoms with van der Waals surface area (Å²) >= 11 is 20.4. The summed E-state index contributed by atoms with van der Waals surface area (Å²) in [4.78, 5) is 53.3. The van der Waals surface area contributed by atoms with Crippen LogP contribution in [0.3, 0.4) is 0 Å². The number of amides is 4. The van der Waals surface area contributed by atoms with Crippen molar-refractivity contribution in [3.05, 3.63) is 94.8 Å². The van der Waals surface area contributed by atoms with Crippen LogP contribution in [0.5, 0.6) is 11.5 Å². The Labute approximate surface area is 284 Å². The summed E-state index contributed by atoms with van der Waals surface area (Å²) in [5, 5.41) is 11.5. The largest absolute Gasteiger partial charge is 0.573 e. The summed E-state index contributed by atoms with van der Waals surface area (Å²) in [6, 6.07) is 12.9. The zero-order valence-corrected chi connectivity index (χ0v) is 26.4. The van der Waals surface area contributed by atoms with E-state index < -0.39 is 87.1 Å². The van der Waals surface area contributed by atoms with Gasteiger partial charge in [0.15, 0.2) is 9.75 Å². The number of hydrogen-bond donors (Lipinski definition) is 1. The maximum atomic E-state index is 14.4. The fraction of sp³-hybridized carbons (Fsp3) is 0.273. The number of phenolic OH excluding ortho intramolecular Hbond substituents is 1. The average molecular weight is 724 g/mol. The minimum atomic E-state index is -5.13. The summed E-state index contributed by atoms with van der Waals surface area (Å²) in [5.74, 6) is -9.98. The second-order valence-corrected chi connectivity index (χ2v) is 13.7. The van der Waals surface area contributed by atoms with Gasteiger partial charge in [0.05, 0.1) is 23.2 Å². The molecule has 4 amide bonds. The van der Waals surface area contributed by atoms with E-state index in [2.05, 4.69) is 4.74 Å². The molecule has 0 unspecified atom stereocenters. The topological polar surface area (TPSA) is 104 Å². The van der Waals surface area contributed by atoms with Gasteiger partial charge >= 0.3 is 6.36 Å². The monoisotopic (exact) mass is 722 g/mol. The molecule has 0 spiro atoms. The van der Waals surface area contributed by atoms with E-state index in [1.165, 1.54) is 24.3 Å². The molecule has 3 aromatic rings. The highest BCUT2D eigenvalue weighted by Gasteiger charge is 2.77. The molecule has 2 aliphatic heterocycles. The van der Waals surface area contributed by atoms with Gasteiger partial charge in [0.1, 0.15) is 17.3 Å². The Morgan fingerprint density at radius 1 is 0.833 bits per heavy atom. The van der Waals surface area contributed by atoms with Crippen LogP contribution in [0.25, 0.3) is 0 Å². The minimum Gasteiger partial charge on any atom is -0.508 e. The van der Waals surface area contributed by atoms with Crippen molar-refractivity contribution in [1.29, 1.82) is 0 Å². The lowest BCUT2D eigenvalue weighted by Gasteiger charge is -2.50. The Balaban J connectivity index is 1.41. The maximum absolute atomic E-state index is 14.4. The van der Waals surface area contributed by atoms with Crippen LogP contribution in [0.4, 0.5) is 28.9 Å². The first-order valence-corrected chi connectivity index (χ1v) is 15.6. The number of benzene rings is 3. The van der Waals surface area contributed by atoms with Gasteiger partial charge in [-0.05, 0) is 85.5 Å². The second kappa shape index (κ2) is 10.9. The molecule has 0 aromatic heterocycles. The molecule has 15 heteroatoms. The number of carbonyl (C=O) groups excluding carboxylic acids is 4. The number of halogens is 7. The third kappa shape index (κ3) is 4.63. The van der Waals surface area contributed by atoms with E-state index in [1.54, 1.807) is 6.08 Å². The minimum absolute atomic E-state index is 0.0345. The molecule has 2 heterocycles. The Morgan fingerprint density at radius 3 is 2.10 bits per heavy atom. The lowest BCUT2D eigenvalue weighted by atomic mass is 9.56. The Hall–Kier alpha value is -4.13. The molecule has 48 heavy (non-hydrogen) atoms. The van der Waals surface area contributed by atoms with E-state index in [0.29, 0.717) is 9.92 Å². The highest BCUT2D eigenvalue weighted by Crippen LogP contribution is 2.66. The van der Waals surface area contributed by atoms with E-state index in [4.69, 9.17) is 34.8 Å². The van der Waals surface area contributed by atoms with Crippen LogP contribution >= 0.6 is 34.8 Å². The Bertz CT molecular complexity index is 1940. The smallest absolute Gasteiger partial charge is 0.508 e. The molecule has 0 radical (unpaired) electrons. The number of nitrogens with zero attached hydrogens (tertiary/aromatic N) is 2. The molecular weight excluding hydrogens is 703 g/mol. The maximum Gasteiger partial charge on any atom is 0.573 e. The lowest BCUT2D eigenvalue weighted by molar-refractivity contribution is -0.274. The van der Waals surface area contributed by atoms with E-state index in [1.807, 2.05) is 0 Å². The van der Waals surface area contributed by atoms with E-state index in [-0.39, 0.29) is 28.9 Å². The lowest BCUT2D eigenvalue weighted by Crippen LogP contribution is -2.60. The van der Waals surface area contributed by atoms with Crippen LogP contribution < -0.4 is 14.5 Å². The molecule has 4 aliphatic rings. The van der Waals surface area contributed by atoms with E-state index in [0.717, 1.165) is 47.4 Å². The van der Waals surface area contributed by atoms with Crippen LogP contribution in [-0.4, -0.2) is 44.8 Å². The number of allylic oxidation sites excluding steroid dienone is 2. The molecule has 3 aromatic carbocycles. The number of fused-ring (bicyclic) bond motifs is 4. The number of anilines is 2. The van der Waals surface area contributed by atoms with Crippen LogP contribution in [0.2, 0.25) is 5.02 Å². The van der Waals surface area contributed by atoms with Gasteiger partial charge in [-0.2, -0.15) is 0 Å². The van der Waals surface area contributed by atoms with Crippen molar-refractivity contribution in [2.75, 3.05) is 9.80 Å². The standard InChI is InChI=1S/C33H21Cl3F4N2O6/c34-15-1-5-17(6-2-15)41-27(44)21-11-10-20-23(25(21)28(41)45)14-31(35)29(46)42(18-7-3-16(37)4-8-18)30(47)32(31,36)26(20)22-13-19(9-12-24(22)43)48-33(38,39)40/h1-10,12-13,21,23,25-26,43H,11,14H2/t21-,23+,25-,26+,31+,32-/m0/s1. The van der Waals surface area contributed by atoms with Crippen molar-refractivity contribution in [3.8, 4) is 11.5 Å². The van der Waals surface area contributed by atoms with Crippen molar-refractivity contribution in [1.82, 2.24) is 0 Å². The fourth-order valence-electron chi connectivity index (χ4n) is 7.55. The SMILES string of the molecule is O=C1[C@H]2[C@H](CC=C3[C@H]2C[C@@]2(Cl)C(=O)N(c4ccc(F)cc4)C(=O)[C@@]2(Cl)[C@H]3c2cc(OC(F)(F)F)ccc2O)C(=O)N1c1ccc(Cl)cc1. The van der Waals surface area contributed by atoms with E-state index >= 15 is 0 Å². The summed E-state index contributed by atoms with van der Waals surface area (Å²) in [5.41, 5.74) is 0.0471. The van der Waals surface area contributed by atoms with Gasteiger partial charge in [-0.25, -0.2) is 9.29 Å². The van der Waals surface area contributed by atoms with Gasteiger partial charge in [-0.1, -0.05) is 23.3 Å². The predicted octanol–water partition coefficient (Wildman–Crippen LogP) is 6.85. The number of alkyl halides is 5. The second-order valence-electron chi connectivity index (χ2n) is 12.0. The van der Waals surface area contributed by atoms with Crippen LogP contribution in [0.1, 0.15) is 24.3 Å². The highest BCUT2D eigenvalue weighted by atomic mass is 35.5. The summed E-state index contributed by atoms with van der Waals surface area (Å²) in [6.45, 7) is 0. The number of hydrogen-bond acceptors (Lipinski definition) is 6. The molecule has 8 nitrogen and oxygen atoms in total. The van der Waals surface area contributed by atoms with Crippen molar-refractivity contribution in [2.45, 2.75) is 34.9 Å². The molecule has 248 valence electrons. The molecule has 2 saturated heterocycles. The van der Waals surface area contributed by atoms with Gasteiger partial charge in [0.2, 0.25) is 11.8 Å². The van der Waals surface area contributed by atoms with Crippen LogP contribution in [0.15, 0.2) is 78.4 Å². The first-order chi connectivity index (χ1) is 22.6. The number of aromatic hydroxyl groups is 1. The summed E-state index contributed by atoms with van der Waals surface area (Å²) < 4.78 is 57.8. The molecule has 2 aliphatic carbocycles. The van der Waals surface area contributed by atoms with Gasteiger partial charge in [-0.15, -0.1) is 36.4 Å². The van der Waals surface area contributed by atoms with Crippen molar-refractivity contribution < 1.29 is 46.6 Å². The molecule has 1 saturated carbocycles. The summed E-state index contributed by atoms with van der Waals surface area (Å²) in [7, 11) is 0. The van der Waals surface area contributed by atoms with Crippen LogP contribution in [-0.2, 0) is 19.2 Å². The van der Waals surface area contributed by atoms with Crippen molar-refractivity contribution in [2.24, 2.45) is 17.8 Å². The van der Waals surface area contributed by atoms with Crippen LogP contribution in [0, 0.1) is 23.6 Å². The van der Waals surface area contributed by atoms with Crippen molar-refractivity contribution in [3.63, 3.8) is 0 Å². The van der Waals surface area contributed by atoms with E-state index in [9.17, 15) is 41.8 Å². The fourth-order valence-corrected chi connectivity index (χ4v) is 8.60. The molecule has 7 rings (SSSR count). The Kier molecular flexibility index (Phi) is 7.39. The zero-order chi connectivity index (χ0) is 34.5. The first-order valence-electron chi connectivity index (χ1n) is 14.5. The molecule has 3 fully saturated rings. The van der Waals surface area contributed by atoms with Gasteiger partial charge in [0, 0.05) is 16.5 Å². The number of imide groups is 2. The van der Waals surface area contributed by atoms with Gasteiger partial charge in [-0.3, -0.25) is 24.1 Å². The first kappa shape index (κ1) is 32.4. The quantitative estimate of drug-likeness (QED) is 0.137. The predicted molar refractivity (Wildman–Crippen MR) is 165 cm³/mol. The third-order valence-corrected chi connectivity index (χ3v) is 11.2. The number of ether oxygens (including phenoxy) is 1. The van der Waals surface area contributed by atoms with Crippen molar-refractivity contribution >= 4 is 69.8 Å². The molecule has 1 N–H and O–H groups in total. The van der Waals surface area contributed by atoms with Gasteiger partial charge < -0.3 is 9.84 Å². The Morgan fingerprint density at radius 2 is 1.46 bits per heavy atom. The third-order valence-electron chi connectivity index (χ3n) is 9.52. The normalized spacial score (nSPS) is 29.9. The zero-order valence-electron chi connectivity index (χ0n) is 24.2. The molecule has 6 atom stereocenters. The summed E-state index contributed by atoms with van der Waals surface area (Å²) in [6.07, 6.45) is -4.04. The average Bonchev–Trinajstić information content (AvgIpc) is 3.36. The molecule has 0 bridgehead atoms. The number of carbonyl (C=O) groups is 4.